The number of benzene rings is 2. The van der Waals surface area contributed by atoms with Gasteiger partial charge in [0.1, 0.15) is 0 Å². The molecular weight excluding hydrogens is 404 g/mol. The van der Waals surface area contributed by atoms with Gasteiger partial charge in [0, 0.05) is 18.5 Å². The van der Waals surface area contributed by atoms with Crippen LogP contribution < -0.4 is 18.9 Å². The lowest BCUT2D eigenvalue weighted by Crippen LogP contribution is -2.35. The molecule has 0 spiro atoms. The summed E-state index contributed by atoms with van der Waals surface area (Å²) in [4.78, 5) is 0.0558. The highest BCUT2D eigenvalue weighted by molar-refractivity contribution is 7.93. The molecule has 0 aromatic heterocycles. The van der Waals surface area contributed by atoms with E-state index in [1.54, 1.807) is 13.0 Å². The number of hydrogen-bond donors (Lipinski definition) is 1. The van der Waals surface area contributed by atoms with Crippen molar-refractivity contribution in [3.8, 4) is 11.5 Å². The van der Waals surface area contributed by atoms with Gasteiger partial charge >= 0.3 is 0 Å². The van der Waals surface area contributed by atoms with E-state index < -0.39 is 20.0 Å². The van der Waals surface area contributed by atoms with Gasteiger partial charge in [-0.25, -0.2) is 22.0 Å². The van der Waals surface area contributed by atoms with Gasteiger partial charge in [-0.05, 0) is 49.2 Å². The topological polar surface area (TPSA) is 116 Å². The van der Waals surface area contributed by atoms with Crippen molar-refractivity contribution >= 4 is 25.7 Å². The predicted molar refractivity (Wildman–Crippen MR) is 103 cm³/mol. The maximum absolute atomic E-state index is 13.3. The molecule has 0 saturated heterocycles. The Hall–Kier alpha value is -2.30. The summed E-state index contributed by atoms with van der Waals surface area (Å²) in [7, 11) is -7.74. The molecule has 2 aromatic rings. The maximum atomic E-state index is 13.3. The summed E-state index contributed by atoms with van der Waals surface area (Å²) in [5.74, 6) is 0.916. The number of nitrogens with zero attached hydrogens (tertiary/aromatic N) is 1. The highest BCUT2D eigenvalue weighted by Crippen LogP contribution is 2.39. The lowest BCUT2D eigenvalue weighted by atomic mass is 10.1. The van der Waals surface area contributed by atoms with E-state index >= 15 is 0 Å². The highest BCUT2D eigenvalue weighted by atomic mass is 32.2. The zero-order valence-corrected chi connectivity index (χ0v) is 16.8. The SMILES string of the molecule is CC1Cc2cc(S(N)(=O)=O)ccc2N1S(=O)(=O)c1ccc2c(c1)OCCCO2. The van der Waals surface area contributed by atoms with Crippen molar-refractivity contribution in [3.05, 3.63) is 42.0 Å². The van der Waals surface area contributed by atoms with Crippen LogP contribution in [-0.4, -0.2) is 36.1 Å². The molecular formula is C18H20N2O6S2. The maximum Gasteiger partial charge on any atom is 0.264 e. The van der Waals surface area contributed by atoms with E-state index in [1.807, 2.05) is 0 Å². The van der Waals surface area contributed by atoms with E-state index in [9.17, 15) is 16.8 Å². The van der Waals surface area contributed by atoms with Crippen LogP contribution in [0.2, 0.25) is 0 Å². The molecule has 4 rings (SSSR count). The lowest BCUT2D eigenvalue weighted by Gasteiger charge is -2.25. The van der Waals surface area contributed by atoms with Crippen LogP contribution in [0, 0.1) is 0 Å². The molecule has 2 aliphatic heterocycles. The number of ether oxygens (including phenoxy) is 2. The second kappa shape index (κ2) is 6.64. The van der Waals surface area contributed by atoms with E-state index in [4.69, 9.17) is 14.6 Å². The average molecular weight is 425 g/mol. The summed E-state index contributed by atoms with van der Waals surface area (Å²) in [6.07, 6.45) is 1.11. The first-order valence-electron chi connectivity index (χ1n) is 8.78. The van der Waals surface area contributed by atoms with Crippen LogP contribution in [0.1, 0.15) is 18.9 Å². The van der Waals surface area contributed by atoms with Gasteiger partial charge in [0.15, 0.2) is 11.5 Å². The molecule has 2 heterocycles. The molecule has 0 amide bonds. The van der Waals surface area contributed by atoms with Crippen LogP contribution in [0.3, 0.4) is 0 Å². The molecule has 2 N–H and O–H groups in total. The van der Waals surface area contributed by atoms with Gasteiger partial charge in [-0.3, -0.25) is 4.31 Å². The fourth-order valence-corrected chi connectivity index (χ4v) is 5.81. The quantitative estimate of drug-likeness (QED) is 0.801. The molecule has 0 radical (unpaired) electrons. The molecule has 28 heavy (non-hydrogen) atoms. The van der Waals surface area contributed by atoms with E-state index in [1.165, 1.54) is 34.6 Å². The van der Waals surface area contributed by atoms with Gasteiger partial charge < -0.3 is 9.47 Å². The van der Waals surface area contributed by atoms with Gasteiger partial charge in [-0.1, -0.05) is 0 Å². The number of nitrogens with two attached hydrogens (primary N) is 1. The van der Waals surface area contributed by atoms with Gasteiger partial charge in [-0.15, -0.1) is 0 Å². The minimum atomic E-state index is -3.88. The molecule has 0 saturated carbocycles. The Morgan fingerprint density at radius 1 is 0.964 bits per heavy atom. The zero-order valence-electron chi connectivity index (χ0n) is 15.2. The molecule has 0 aliphatic carbocycles. The minimum absolute atomic E-state index is 0.0340. The summed E-state index contributed by atoms with van der Waals surface area (Å²) < 4.78 is 62.4. The number of fused-ring (bicyclic) bond motifs is 2. The third kappa shape index (κ3) is 3.21. The summed E-state index contributed by atoms with van der Waals surface area (Å²) >= 11 is 0. The van der Waals surface area contributed by atoms with Crippen molar-refractivity contribution in [2.45, 2.75) is 35.6 Å². The lowest BCUT2D eigenvalue weighted by molar-refractivity contribution is 0.297. The van der Waals surface area contributed by atoms with Crippen LogP contribution in [0.25, 0.3) is 0 Å². The molecule has 1 atom stereocenters. The number of primary sulfonamides is 1. The molecule has 2 aromatic carbocycles. The second-order valence-corrected chi connectivity index (χ2v) is 10.2. The number of hydrogen-bond acceptors (Lipinski definition) is 6. The normalized spacial score (nSPS) is 19.2. The Kier molecular flexibility index (Phi) is 4.52. The first-order chi connectivity index (χ1) is 13.2. The molecule has 8 nitrogen and oxygen atoms in total. The standard InChI is InChI=1S/C18H20N2O6S2/c1-12-9-13-10-14(27(19,21)22)3-5-16(13)20(12)28(23,24)15-4-6-17-18(11-15)26-8-2-7-25-17/h3-6,10-12H,2,7-9H2,1H3,(H2,19,21,22). The average Bonchev–Trinajstić information content (AvgIpc) is 2.80. The largest absolute Gasteiger partial charge is 0.490 e. The monoisotopic (exact) mass is 424 g/mol. The van der Waals surface area contributed by atoms with Crippen molar-refractivity contribution in [1.82, 2.24) is 0 Å². The second-order valence-electron chi connectivity index (χ2n) is 6.85. The van der Waals surface area contributed by atoms with Crippen molar-refractivity contribution in [3.63, 3.8) is 0 Å². The van der Waals surface area contributed by atoms with Crippen LogP contribution in [0.5, 0.6) is 11.5 Å². The van der Waals surface area contributed by atoms with Crippen molar-refractivity contribution in [1.29, 1.82) is 0 Å². The molecule has 2 aliphatic rings. The van der Waals surface area contributed by atoms with Crippen LogP contribution in [0.15, 0.2) is 46.2 Å². The molecule has 0 fully saturated rings. The van der Waals surface area contributed by atoms with Gasteiger partial charge in [0.05, 0.1) is 28.7 Å². The summed E-state index contributed by atoms with van der Waals surface area (Å²) in [6, 6.07) is 8.43. The predicted octanol–water partition coefficient (Wildman–Crippen LogP) is 1.64. The Labute approximate surface area is 164 Å². The Balaban J connectivity index is 1.76. The van der Waals surface area contributed by atoms with Gasteiger partial charge in [0.25, 0.3) is 10.0 Å². The first-order valence-corrected chi connectivity index (χ1v) is 11.8. The van der Waals surface area contributed by atoms with E-state index in [-0.39, 0.29) is 15.8 Å². The summed E-state index contributed by atoms with van der Waals surface area (Å²) in [5.41, 5.74) is 1.07. The van der Waals surface area contributed by atoms with Crippen molar-refractivity contribution < 1.29 is 26.3 Å². The van der Waals surface area contributed by atoms with Crippen molar-refractivity contribution in [2.24, 2.45) is 5.14 Å². The summed E-state index contributed by atoms with van der Waals surface area (Å²) in [5, 5.41) is 5.19. The van der Waals surface area contributed by atoms with Crippen LogP contribution >= 0.6 is 0 Å². The van der Waals surface area contributed by atoms with Crippen LogP contribution in [0.4, 0.5) is 5.69 Å². The molecule has 0 bridgehead atoms. The van der Waals surface area contributed by atoms with E-state index in [0.717, 1.165) is 6.42 Å². The first kappa shape index (κ1) is 19.0. The van der Waals surface area contributed by atoms with Gasteiger partial charge in [0.2, 0.25) is 10.0 Å². The molecule has 1 unspecified atom stereocenters. The van der Waals surface area contributed by atoms with Crippen LogP contribution in [-0.2, 0) is 26.5 Å². The van der Waals surface area contributed by atoms with Gasteiger partial charge in [-0.2, -0.15) is 0 Å². The number of sulfonamides is 2. The Bertz CT molecular complexity index is 1140. The fourth-order valence-electron chi connectivity index (χ4n) is 3.54. The number of rotatable bonds is 3. The summed E-state index contributed by atoms with van der Waals surface area (Å²) in [6.45, 7) is 2.75. The van der Waals surface area contributed by atoms with E-state index in [0.29, 0.717) is 42.4 Å². The highest BCUT2D eigenvalue weighted by Gasteiger charge is 2.37. The Morgan fingerprint density at radius 2 is 1.64 bits per heavy atom. The van der Waals surface area contributed by atoms with E-state index in [2.05, 4.69) is 0 Å². The molecule has 150 valence electrons. The number of anilines is 1. The zero-order chi connectivity index (χ0) is 20.1. The molecule has 10 heteroatoms. The Morgan fingerprint density at radius 3 is 2.36 bits per heavy atom. The third-order valence-electron chi connectivity index (χ3n) is 4.81. The minimum Gasteiger partial charge on any atom is -0.490 e. The third-order valence-corrected chi connectivity index (χ3v) is 7.64. The van der Waals surface area contributed by atoms with Crippen molar-refractivity contribution in [2.75, 3.05) is 17.5 Å². The fraction of sp³-hybridized carbons (Fsp3) is 0.333. The smallest absolute Gasteiger partial charge is 0.264 e.